The number of hydrogen-bond acceptors (Lipinski definition) is 4. The van der Waals surface area contributed by atoms with Crippen LogP contribution < -0.4 is 5.73 Å². The van der Waals surface area contributed by atoms with E-state index < -0.39 is 17.9 Å². The molecule has 116 valence electrons. The third-order valence-electron chi connectivity index (χ3n) is 3.38. The number of guanidine groups is 1. The average Bonchev–Trinajstić information content (AvgIpc) is 3.06. The fourth-order valence-corrected chi connectivity index (χ4v) is 2.25. The minimum Gasteiger partial charge on any atom is -0.394 e. The number of nitrogens with zero attached hydrogens (tertiary/aromatic N) is 2. The molecule has 0 aliphatic heterocycles. The zero-order valence-corrected chi connectivity index (χ0v) is 12.1. The highest BCUT2D eigenvalue weighted by Gasteiger charge is 2.27. The minimum atomic E-state index is -0.568. The number of H-pyrrole nitrogens is 1. The van der Waals surface area contributed by atoms with Gasteiger partial charge in [0.2, 0.25) is 0 Å². The molecule has 1 aromatic heterocycles. The number of carbonyl (C=O) groups excluding carboxylic acids is 1. The lowest BCUT2D eigenvalue weighted by Crippen LogP contribution is -2.49. The molecule has 7 heteroatoms. The molecular formula is C15H19N5O2. The molecule has 1 atom stereocenters. The fraction of sp³-hybridized carbons (Fsp3) is 0.267. The predicted octanol–water partition coefficient (Wildman–Crippen LogP) is 0.739. The normalized spacial score (nSPS) is 11.9. The number of rotatable bonds is 6. The van der Waals surface area contributed by atoms with Gasteiger partial charge < -0.3 is 15.8 Å². The summed E-state index contributed by atoms with van der Waals surface area (Å²) in [5.41, 5.74) is 6.78. The summed E-state index contributed by atoms with van der Waals surface area (Å²) in [4.78, 5) is 20.0. The molecule has 0 saturated heterocycles. The molecule has 0 spiro atoms. The standard InChI is InChI=1S/C15H19N5O2/c16-15(17)20(14(22)13-8-18-10-19-13)12(9-21)7-6-11-4-2-1-3-5-11/h1-5,8,10,12,21H,6-7,9H2,(H3,16,17)(H,18,19)/t12-/m0/s1. The molecule has 1 aromatic carbocycles. The van der Waals surface area contributed by atoms with Crippen molar-refractivity contribution in [2.75, 3.05) is 6.61 Å². The van der Waals surface area contributed by atoms with Crippen LogP contribution in [0.2, 0.25) is 0 Å². The van der Waals surface area contributed by atoms with E-state index in [0.717, 1.165) is 10.5 Å². The Morgan fingerprint density at radius 1 is 1.41 bits per heavy atom. The number of nitrogens with one attached hydrogen (secondary N) is 2. The summed E-state index contributed by atoms with van der Waals surface area (Å²) in [6.45, 7) is -0.275. The molecule has 7 nitrogen and oxygen atoms in total. The van der Waals surface area contributed by atoms with E-state index in [4.69, 9.17) is 11.1 Å². The first-order valence-corrected chi connectivity index (χ1v) is 6.94. The van der Waals surface area contributed by atoms with E-state index in [9.17, 15) is 9.90 Å². The number of aromatic nitrogens is 2. The second-order valence-corrected chi connectivity index (χ2v) is 4.88. The minimum absolute atomic E-state index is 0.161. The van der Waals surface area contributed by atoms with E-state index in [2.05, 4.69) is 9.97 Å². The Hall–Kier alpha value is -2.67. The number of nitrogens with two attached hydrogens (primary N) is 1. The van der Waals surface area contributed by atoms with Crippen LogP contribution in [0.25, 0.3) is 0 Å². The first kappa shape index (κ1) is 15.7. The van der Waals surface area contributed by atoms with E-state index in [1.807, 2.05) is 30.3 Å². The third kappa shape index (κ3) is 3.70. The van der Waals surface area contributed by atoms with Gasteiger partial charge in [-0.15, -0.1) is 0 Å². The topological polar surface area (TPSA) is 119 Å². The Morgan fingerprint density at radius 3 is 2.68 bits per heavy atom. The van der Waals surface area contributed by atoms with Crippen LogP contribution >= 0.6 is 0 Å². The SMILES string of the molecule is N=C(N)N(C(=O)c1c[nH]cn1)[C@H](CO)CCc1ccccc1. The molecule has 1 heterocycles. The van der Waals surface area contributed by atoms with E-state index in [0.29, 0.717) is 12.8 Å². The van der Waals surface area contributed by atoms with Crippen molar-refractivity contribution in [3.8, 4) is 0 Å². The van der Waals surface area contributed by atoms with Crippen molar-refractivity contribution in [3.05, 3.63) is 54.1 Å². The second kappa shape index (κ2) is 7.37. The number of hydrogen-bond donors (Lipinski definition) is 4. The Bertz CT molecular complexity index is 612. The third-order valence-corrected chi connectivity index (χ3v) is 3.38. The van der Waals surface area contributed by atoms with E-state index in [1.54, 1.807) is 0 Å². The van der Waals surface area contributed by atoms with Crippen LogP contribution in [-0.2, 0) is 6.42 Å². The van der Waals surface area contributed by atoms with Crippen molar-refractivity contribution >= 4 is 11.9 Å². The summed E-state index contributed by atoms with van der Waals surface area (Å²) in [7, 11) is 0. The zero-order valence-electron chi connectivity index (χ0n) is 12.1. The maximum atomic E-state index is 12.4. The summed E-state index contributed by atoms with van der Waals surface area (Å²) in [5.74, 6) is -0.902. The molecule has 0 aliphatic rings. The van der Waals surface area contributed by atoms with E-state index in [-0.39, 0.29) is 12.3 Å². The lowest BCUT2D eigenvalue weighted by Gasteiger charge is -2.28. The van der Waals surface area contributed by atoms with Gasteiger partial charge in [0.1, 0.15) is 5.69 Å². The van der Waals surface area contributed by atoms with Gasteiger partial charge in [0.15, 0.2) is 5.96 Å². The van der Waals surface area contributed by atoms with Gasteiger partial charge in [-0.25, -0.2) is 4.98 Å². The first-order valence-electron chi connectivity index (χ1n) is 6.94. The van der Waals surface area contributed by atoms with Crippen molar-refractivity contribution in [1.29, 1.82) is 5.41 Å². The molecule has 0 bridgehead atoms. The van der Waals surface area contributed by atoms with Gasteiger partial charge in [-0.3, -0.25) is 15.1 Å². The highest BCUT2D eigenvalue weighted by molar-refractivity contribution is 6.03. The number of carbonyl (C=O) groups is 1. The van der Waals surface area contributed by atoms with Gasteiger partial charge >= 0.3 is 0 Å². The van der Waals surface area contributed by atoms with Crippen molar-refractivity contribution in [2.45, 2.75) is 18.9 Å². The Labute approximate surface area is 128 Å². The lowest BCUT2D eigenvalue weighted by molar-refractivity contribution is 0.0730. The fourth-order valence-electron chi connectivity index (χ4n) is 2.25. The molecule has 2 rings (SSSR count). The quantitative estimate of drug-likeness (QED) is 0.464. The van der Waals surface area contributed by atoms with Gasteiger partial charge in [-0.05, 0) is 18.4 Å². The van der Waals surface area contributed by atoms with Crippen LogP contribution in [0, 0.1) is 5.41 Å². The van der Waals surface area contributed by atoms with Crippen molar-refractivity contribution in [2.24, 2.45) is 5.73 Å². The molecule has 0 fully saturated rings. The summed E-state index contributed by atoms with van der Waals surface area (Å²) in [6, 6.07) is 9.17. The number of aromatic amines is 1. The van der Waals surface area contributed by atoms with Gasteiger partial charge in [0.25, 0.3) is 5.91 Å². The van der Waals surface area contributed by atoms with Gasteiger partial charge in [0, 0.05) is 6.20 Å². The number of imidazole rings is 1. The zero-order chi connectivity index (χ0) is 15.9. The van der Waals surface area contributed by atoms with Crippen LogP contribution in [0.3, 0.4) is 0 Å². The van der Waals surface area contributed by atoms with Crippen LogP contribution in [0.4, 0.5) is 0 Å². The predicted molar refractivity (Wildman–Crippen MR) is 82.3 cm³/mol. The summed E-state index contributed by atoms with van der Waals surface area (Å²) < 4.78 is 0. The number of aliphatic hydroxyl groups is 1. The Kier molecular flexibility index (Phi) is 5.26. The van der Waals surface area contributed by atoms with Gasteiger partial charge in [0.05, 0.1) is 19.0 Å². The lowest BCUT2D eigenvalue weighted by atomic mass is 10.0. The average molecular weight is 301 g/mol. The molecule has 0 aliphatic carbocycles. The molecule has 1 amide bonds. The summed E-state index contributed by atoms with van der Waals surface area (Å²) in [6.07, 6.45) is 3.98. The number of aliphatic hydroxyl groups excluding tert-OH is 1. The molecule has 22 heavy (non-hydrogen) atoms. The maximum Gasteiger partial charge on any atom is 0.281 e. The monoisotopic (exact) mass is 301 g/mol. The number of amides is 1. The second-order valence-electron chi connectivity index (χ2n) is 4.88. The largest absolute Gasteiger partial charge is 0.394 e. The molecule has 0 unspecified atom stereocenters. The van der Waals surface area contributed by atoms with Crippen molar-refractivity contribution in [3.63, 3.8) is 0 Å². The van der Waals surface area contributed by atoms with Crippen LogP contribution in [0.15, 0.2) is 42.9 Å². The number of aryl methyl sites for hydroxylation is 1. The summed E-state index contributed by atoms with van der Waals surface area (Å²) >= 11 is 0. The van der Waals surface area contributed by atoms with Crippen LogP contribution in [-0.4, -0.2) is 44.5 Å². The van der Waals surface area contributed by atoms with Gasteiger partial charge in [-0.2, -0.15) is 0 Å². The molecule has 0 saturated carbocycles. The molecular weight excluding hydrogens is 282 g/mol. The number of benzene rings is 1. The van der Waals surface area contributed by atoms with Crippen LogP contribution in [0.1, 0.15) is 22.5 Å². The molecule has 2 aromatic rings. The van der Waals surface area contributed by atoms with Crippen molar-refractivity contribution < 1.29 is 9.90 Å². The molecule has 5 N–H and O–H groups in total. The first-order chi connectivity index (χ1) is 10.6. The van der Waals surface area contributed by atoms with Crippen molar-refractivity contribution in [1.82, 2.24) is 14.9 Å². The molecule has 0 radical (unpaired) electrons. The Morgan fingerprint density at radius 2 is 2.14 bits per heavy atom. The smallest absolute Gasteiger partial charge is 0.281 e. The summed E-state index contributed by atoms with van der Waals surface area (Å²) in [5, 5.41) is 17.2. The van der Waals surface area contributed by atoms with Gasteiger partial charge in [-0.1, -0.05) is 30.3 Å². The van der Waals surface area contributed by atoms with Crippen LogP contribution in [0.5, 0.6) is 0 Å². The highest BCUT2D eigenvalue weighted by atomic mass is 16.3. The van der Waals surface area contributed by atoms with E-state index in [1.165, 1.54) is 12.5 Å². The maximum absolute atomic E-state index is 12.4. The Balaban J connectivity index is 2.11. The van der Waals surface area contributed by atoms with E-state index >= 15 is 0 Å². The highest BCUT2D eigenvalue weighted by Crippen LogP contribution is 2.12.